The molecule has 0 aliphatic carbocycles. The number of benzene rings is 1. The van der Waals surface area contributed by atoms with Crippen molar-refractivity contribution in [2.24, 2.45) is 0 Å². The Morgan fingerprint density at radius 3 is 2.63 bits per heavy atom. The molecule has 5 nitrogen and oxygen atoms in total. The maximum Gasteiger partial charge on any atom is 0.225 e. The second-order valence-corrected chi connectivity index (χ2v) is 4.08. The summed E-state index contributed by atoms with van der Waals surface area (Å²) in [5.74, 6) is 1.33. The SMILES string of the molecule is CNc1cc(-c2ccccc2)nc(NCCCO)n1. The van der Waals surface area contributed by atoms with Crippen LogP contribution in [-0.4, -0.2) is 35.3 Å². The highest BCUT2D eigenvalue weighted by Gasteiger charge is 2.05. The van der Waals surface area contributed by atoms with Crippen molar-refractivity contribution in [3.63, 3.8) is 0 Å². The molecule has 0 saturated carbocycles. The fourth-order valence-corrected chi connectivity index (χ4v) is 1.69. The number of nitrogens with zero attached hydrogens (tertiary/aromatic N) is 2. The molecule has 2 aromatic rings. The monoisotopic (exact) mass is 258 g/mol. The maximum absolute atomic E-state index is 8.78. The Bertz CT molecular complexity index is 516. The van der Waals surface area contributed by atoms with Crippen molar-refractivity contribution in [2.75, 3.05) is 30.8 Å². The van der Waals surface area contributed by atoms with Crippen LogP contribution in [0.2, 0.25) is 0 Å². The van der Waals surface area contributed by atoms with Gasteiger partial charge in [-0.15, -0.1) is 0 Å². The molecule has 3 N–H and O–H groups in total. The molecule has 1 aromatic heterocycles. The van der Waals surface area contributed by atoms with Crippen LogP contribution in [0.5, 0.6) is 0 Å². The summed E-state index contributed by atoms with van der Waals surface area (Å²) >= 11 is 0. The van der Waals surface area contributed by atoms with Gasteiger partial charge in [-0.25, -0.2) is 4.98 Å². The van der Waals surface area contributed by atoms with Crippen LogP contribution < -0.4 is 10.6 Å². The average Bonchev–Trinajstić information content (AvgIpc) is 2.48. The molecule has 0 aliphatic rings. The number of anilines is 2. The first-order valence-corrected chi connectivity index (χ1v) is 6.30. The zero-order valence-electron chi connectivity index (χ0n) is 10.9. The van der Waals surface area contributed by atoms with E-state index in [0.717, 1.165) is 17.1 Å². The molecular weight excluding hydrogens is 240 g/mol. The van der Waals surface area contributed by atoms with Crippen LogP contribution in [0.25, 0.3) is 11.3 Å². The first-order valence-electron chi connectivity index (χ1n) is 6.30. The van der Waals surface area contributed by atoms with Crippen LogP contribution in [0.4, 0.5) is 11.8 Å². The second-order valence-electron chi connectivity index (χ2n) is 4.08. The number of aliphatic hydroxyl groups is 1. The molecule has 0 aliphatic heterocycles. The van der Waals surface area contributed by atoms with Crippen molar-refractivity contribution in [1.82, 2.24) is 9.97 Å². The number of hydrogen-bond acceptors (Lipinski definition) is 5. The minimum absolute atomic E-state index is 0.157. The van der Waals surface area contributed by atoms with Crippen LogP contribution in [0, 0.1) is 0 Å². The Morgan fingerprint density at radius 1 is 1.16 bits per heavy atom. The van der Waals surface area contributed by atoms with Crippen molar-refractivity contribution >= 4 is 11.8 Å². The average molecular weight is 258 g/mol. The molecule has 100 valence electrons. The Labute approximate surface area is 112 Å². The van der Waals surface area contributed by atoms with E-state index in [2.05, 4.69) is 20.6 Å². The molecule has 0 amide bonds. The second kappa shape index (κ2) is 6.70. The first kappa shape index (κ1) is 13.3. The third-order valence-corrected chi connectivity index (χ3v) is 2.67. The summed E-state index contributed by atoms with van der Waals surface area (Å²) in [5, 5.41) is 14.9. The molecule has 2 rings (SSSR count). The van der Waals surface area contributed by atoms with E-state index in [1.807, 2.05) is 43.4 Å². The lowest BCUT2D eigenvalue weighted by Crippen LogP contribution is -2.08. The Hall–Kier alpha value is -2.14. The minimum Gasteiger partial charge on any atom is -0.396 e. The first-order chi connectivity index (χ1) is 9.33. The van der Waals surface area contributed by atoms with Crippen LogP contribution in [0.15, 0.2) is 36.4 Å². The molecule has 0 saturated heterocycles. The molecule has 0 unspecified atom stereocenters. The summed E-state index contributed by atoms with van der Waals surface area (Å²) in [7, 11) is 1.83. The van der Waals surface area contributed by atoms with E-state index < -0.39 is 0 Å². The van der Waals surface area contributed by atoms with Gasteiger partial charge in [-0.05, 0) is 6.42 Å². The normalized spacial score (nSPS) is 10.2. The number of nitrogens with one attached hydrogen (secondary N) is 2. The van der Waals surface area contributed by atoms with Gasteiger partial charge in [-0.2, -0.15) is 4.98 Å². The Kier molecular flexibility index (Phi) is 4.69. The van der Waals surface area contributed by atoms with Gasteiger partial charge in [0.15, 0.2) is 0 Å². The zero-order valence-corrected chi connectivity index (χ0v) is 10.9. The highest BCUT2D eigenvalue weighted by Crippen LogP contribution is 2.20. The van der Waals surface area contributed by atoms with Crippen molar-refractivity contribution in [2.45, 2.75) is 6.42 Å². The lowest BCUT2D eigenvalue weighted by atomic mass is 10.1. The van der Waals surface area contributed by atoms with Crippen LogP contribution >= 0.6 is 0 Å². The largest absolute Gasteiger partial charge is 0.396 e. The van der Waals surface area contributed by atoms with Gasteiger partial charge in [-0.3, -0.25) is 0 Å². The van der Waals surface area contributed by atoms with Crippen molar-refractivity contribution < 1.29 is 5.11 Å². The molecule has 0 spiro atoms. The summed E-state index contributed by atoms with van der Waals surface area (Å²) < 4.78 is 0. The smallest absolute Gasteiger partial charge is 0.225 e. The lowest BCUT2D eigenvalue weighted by Gasteiger charge is -2.09. The van der Waals surface area contributed by atoms with E-state index in [4.69, 9.17) is 5.11 Å². The predicted octanol–water partition coefficient (Wildman–Crippen LogP) is 1.98. The Morgan fingerprint density at radius 2 is 1.95 bits per heavy atom. The molecule has 0 bridgehead atoms. The van der Waals surface area contributed by atoms with Gasteiger partial charge in [-0.1, -0.05) is 30.3 Å². The summed E-state index contributed by atoms with van der Waals surface area (Å²) in [4.78, 5) is 8.81. The lowest BCUT2D eigenvalue weighted by molar-refractivity contribution is 0.292. The number of rotatable bonds is 6. The van der Waals surface area contributed by atoms with E-state index in [1.165, 1.54) is 0 Å². The third kappa shape index (κ3) is 3.66. The quantitative estimate of drug-likeness (QED) is 0.691. The summed E-state index contributed by atoms with van der Waals surface area (Å²) in [6.07, 6.45) is 0.674. The van der Waals surface area contributed by atoms with Gasteiger partial charge in [0.1, 0.15) is 5.82 Å². The van der Waals surface area contributed by atoms with Crippen LogP contribution in [0.3, 0.4) is 0 Å². The molecular formula is C14H18N4O. The molecule has 0 fully saturated rings. The standard InChI is InChI=1S/C14H18N4O/c1-15-13-10-12(11-6-3-2-4-7-11)17-14(18-13)16-8-5-9-19/h2-4,6-7,10,19H,5,8-9H2,1H3,(H2,15,16,17,18). The van der Waals surface area contributed by atoms with Crippen LogP contribution in [0.1, 0.15) is 6.42 Å². The molecule has 1 aromatic carbocycles. The molecule has 1 heterocycles. The van der Waals surface area contributed by atoms with Gasteiger partial charge in [0.25, 0.3) is 0 Å². The van der Waals surface area contributed by atoms with Crippen molar-refractivity contribution in [1.29, 1.82) is 0 Å². The number of aliphatic hydroxyl groups excluding tert-OH is 1. The van der Waals surface area contributed by atoms with E-state index in [1.54, 1.807) is 0 Å². The fraction of sp³-hybridized carbons (Fsp3) is 0.286. The van der Waals surface area contributed by atoms with E-state index >= 15 is 0 Å². The topological polar surface area (TPSA) is 70.1 Å². The predicted molar refractivity (Wildman–Crippen MR) is 77.2 cm³/mol. The summed E-state index contributed by atoms with van der Waals surface area (Å²) in [6, 6.07) is 11.9. The highest BCUT2D eigenvalue weighted by atomic mass is 16.3. The van der Waals surface area contributed by atoms with Crippen LogP contribution in [-0.2, 0) is 0 Å². The fourth-order valence-electron chi connectivity index (χ4n) is 1.69. The van der Waals surface area contributed by atoms with Gasteiger partial charge in [0.05, 0.1) is 5.69 Å². The zero-order chi connectivity index (χ0) is 13.5. The summed E-state index contributed by atoms with van der Waals surface area (Å²) in [6.45, 7) is 0.808. The molecule has 0 radical (unpaired) electrons. The Balaban J connectivity index is 2.26. The van der Waals surface area contributed by atoms with E-state index in [0.29, 0.717) is 18.9 Å². The maximum atomic E-state index is 8.78. The van der Waals surface area contributed by atoms with Gasteiger partial charge >= 0.3 is 0 Å². The minimum atomic E-state index is 0.157. The van der Waals surface area contributed by atoms with Gasteiger partial charge in [0.2, 0.25) is 5.95 Å². The number of aromatic nitrogens is 2. The van der Waals surface area contributed by atoms with Gasteiger partial charge in [0, 0.05) is 31.8 Å². The van der Waals surface area contributed by atoms with Crippen molar-refractivity contribution in [3.05, 3.63) is 36.4 Å². The van der Waals surface area contributed by atoms with Crippen molar-refractivity contribution in [3.8, 4) is 11.3 Å². The van der Waals surface area contributed by atoms with E-state index in [-0.39, 0.29) is 6.61 Å². The summed E-state index contributed by atoms with van der Waals surface area (Å²) in [5.41, 5.74) is 1.91. The third-order valence-electron chi connectivity index (χ3n) is 2.67. The molecule has 19 heavy (non-hydrogen) atoms. The molecule has 5 heteroatoms. The number of hydrogen-bond donors (Lipinski definition) is 3. The highest BCUT2D eigenvalue weighted by molar-refractivity contribution is 5.64. The van der Waals surface area contributed by atoms with Gasteiger partial charge < -0.3 is 15.7 Å². The molecule has 0 atom stereocenters. The van der Waals surface area contributed by atoms with E-state index in [9.17, 15) is 0 Å².